The summed E-state index contributed by atoms with van der Waals surface area (Å²) in [5.41, 5.74) is 0. The zero-order valence-corrected chi connectivity index (χ0v) is 9.33. The van der Waals surface area contributed by atoms with Gasteiger partial charge in [-0.3, -0.25) is 4.79 Å². The third-order valence-electron chi connectivity index (χ3n) is 2.84. The minimum atomic E-state index is -4.00. The van der Waals surface area contributed by atoms with E-state index in [2.05, 4.69) is 4.74 Å². The molecule has 1 heterocycles. The third-order valence-corrected chi connectivity index (χ3v) is 2.84. The van der Waals surface area contributed by atoms with Crippen LogP contribution in [0.4, 0.5) is 8.78 Å². The van der Waals surface area contributed by atoms with Gasteiger partial charge in [-0.15, -0.1) is 0 Å². The first-order chi connectivity index (χ1) is 7.39. The minimum absolute atomic E-state index is 0.363. The van der Waals surface area contributed by atoms with Crippen LogP contribution in [0.25, 0.3) is 0 Å². The molecule has 0 aromatic carbocycles. The highest BCUT2D eigenvalue weighted by Crippen LogP contribution is 2.27. The Balaban J connectivity index is 2.67. The molecule has 92 valence electrons. The van der Waals surface area contributed by atoms with Gasteiger partial charge in [0.1, 0.15) is 0 Å². The lowest BCUT2D eigenvalue weighted by Gasteiger charge is -2.29. The molecular weight excluding hydrogens is 220 g/mol. The topological polar surface area (TPSA) is 46.6 Å². The van der Waals surface area contributed by atoms with E-state index in [1.165, 1.54) is 0 Å². The molecule has 0 N–H and O–H groups in total. The summed E-state index contributed by atoms with van der Waals surface area (Å²) in [6.45, 7) is 1.18. The lowest BCUT2D eigenvalue weighted by molar-refractivity contribution is -0.176. The molecule has 0 amide bonds. The highest BCUT2D eigenvalue weighted by Gasteiger charge is 2.51. The number of hydrogen-bond donors (Lipinski definition) is 0. The number of ether oxygens (including phenoxy) is 1. The van der Waals surface area contributed by atoms with Gasteiger partial charge in [-0.25, -0.2) is 4.79 Å². The van der Waals surface area contributed by atoms with Crippen molar-refractivity contribution in [2.24, 2.45) is 5.92 Å². The Kier molecular flexibility index (Phi) is 3.96. The molecule has 1 rings (SSSR count). The van der Waals surface area contributed by atoms with Crippen LogP contribution in [0.3, 0.4) is 0 Å². The van der Waals surface area contributed by atoms with E-state index in [4.69, 9.17) is 0 Å². The molecule has 0 bridgehead atoms. The summed E-state index contributed by atoms with van der Waals surface area (Å²) in [7, 11) is 2.71. The SMILES string of the molecule is COC(=O)C(F)(F)C(=O)C1CCN(C)CC1. The predicted octanol–water partition coefficient (Wildman–Crippen LogP) is 0.706. The van der Waals surface area contributed by atoms with E-state index in [0.29, 0.717) is 25.9 Å². The van der Waals surface area contributed by atoms with Crippen molar-refractivity contribution < 1.29 is 23.1 Å². The van der Waals surface area contributed by atoms with Gasteiger partial charge in [0.2, 0.25) is 5.78 Å². The van der Waals surface area contributed by atoms with Crippen LogP contribution in [0.5, 0.6) is 0 Å². The Morgan fingerprint density at radius 1 is 1.31 bits per heavy atom. The number of ketones is 1. The molecule has 1 aliphatic heterocycles. The largest absolute Gasteiger partial charge is 0.464 e. The van der Waals surface area contributed by atoms with Gasteiger partial charge in [0.15, 0.2) is 0 Å². The van der Waals surface area contributed by atoms with Gasteiger partial charge in [0.05, 0.1) is 7.11 Å². The Bertz CT molecular complexity index is 286. The fourth-order valence-corrected chi connectivity index (χ4v) is 1.76. The van der Waals surface area contributed by atoms with Crippen LogP contribution in [0.2, 0.25) is 0 Å². The predicted molar refractivity (Wildman–Crippen MR) is 52.2 cm³/mol. The van der Waals surface area contributed by atoms with Crippen molar-refractivity contribution in [2.45, 2.75) is 18.8 Å². The van der Waals surface area contributed by atoms with Crippen molar-refractivity contribution in [1.82, 2.24) is 4.90 Å². The number of halogens is 2. The first-order valence-electron chi connectivity index (χ1n) is 5.08. The summed E-state index contributed by atoms with van der Waals surface area (Å²) >= 11 is 0. The molecular formula is C10H15F2NO3. The molecule has 0 aromatic rings. The van der Waals surface area contributed by atoms with Gasteiger partial charge in [-0.1, -0.05) is 0 Å². The second-order valence-electron chi connectivity index (χ2n) is 4.01. The average Bonchev–Trinajstić information content (AvgIpc) is 2.28. The van der Waals surface area contributed by atoms with Gasteiger partial charge in [0, 0.05) is 5.92 Å². The van der Waals surface area contributed by atoms with Crippen LogP contribution in [0, 0.1) is 5.92 Å². The quantitative estimate of drug-likeness (QED) is 0.534. The lowest BCUT2D eigenvalue weighted by atomic mass is 9.89. The molecule has 0 spiro atoms. The van der Waals surface area contributed by atoms with Crippen molar-refractivity contribution in [2.75, 3.05) is 27.2 Å². The summed E-state index contributed by atoms with van der Waals surface area (Å²) in [5, 5.41) is 0. The smallest absolute Gasteiger partial charge is 0.400 e. The van der Waals surface area contributed by atoms with Crippen molar-refractivity contribution in [3.8, 4) is 0 Å². The molecule has 0 atom stereocenters. The number of alkyl halides is 2. The standard InChI is InChI=1S/C10H15F2NO3/c1-13-5-3-7(4-6-13)8(14)10(11,12)9(15)16-2/h7H,3-6H2,1-2H3. The molecule has 0 radical (unpaired) electrons. The van der Waals surface area contributed by atoms with Crippen molar-refractivity contribution in [3.63, 3.8) is 0 Å². The van der Waals surface area contributed by atoms with Gasteiger partial charge in [0.25, 0.3) is 0 Å². The molecule has 16 heavy (non-hydrogen) atoms. The number of hydrogen-bond acceptors (Lipinski definition) is 4. The third kappa shape index (κ3) is 2.55. The minimum Gasteiger partial charge on any atom is -0.464 e. The van der Waals surface area contributed by atoms with Crippen LogP contribution in [-0.2, 0) is 14.3 Å². The first kappa shape index (κ1) is 13.0. The number of esters is 1. The number of likely N-dealkylation sites (tertiary alicyclic amines) is 1. The highest BCUT2D eigenvalue weighted by atomic mass is 19.3. The maximum Gasteiger partial charge on any atom is 0.400 e. The summed E-state index contributed by atoms with van der Waals surface area (Å²) in [5.74, 6) is -7.83. The van der Waals surface area contributed by atoms with Crippen molar-refractivity contribution in [3.05, 3.63) is 0 Å². The molecule has 0 aliphatic carbocycles. The molecule has 4 nitrogen and oxygen atoms in total. The van der Waals surface area contributed by atoms with E-state index >= 15 is 0 Å². The zero-order valence-electron chi connectivity index (χ0n) is 9.33. The van der Waals surface area contributed by atoms with E-state index in [1.807, 2.05) is 11.9 Å². The number of rotatable bonds is 3. The number of piperidine rings is 1. The number of Topliss-reactive ketones (excluding diaryl/α,β-unsaturated/α-hetero) is 1. The highest BCUT2D eigenvalue weighted by molar-refractivity contribution is 6.06. The van der Waals surface area contributed by atoms with Crippen molar-refractivity contribution in [1.29, 1.82) is 0 Å². The Morgan fingerprint density at radius 3 is 2.25 bits per heavy atom. The monoisotopic (exact) mass is 235 g/mol. The normalized spacial score (nSPS) is 19.5. The molecule has 1 fully saturated rings. The molecule has 1 aliphatic rings. The number of methoxy groups -OCH3 is 1. The van der Waals surface area contributed by atoms with E-state index in [1.54, 1.807) is 0 Å². The van der Waals surface area contributed by atoms with Gasteiger partial charge in [-0.2, -0.15) is 8.78 Å². The Hall–Kier alpha value is -1.04. The average molecular weight is 235 g/mol. The molecule has 0 saturated carbocycles. The number of carbonyl (C=O) groups is 2. The second kappa shape index (κ2) is 4.86. The number of carbonyl (C=O) groups excluding carboxylic acids is 2. The summed E-state index contributed by atoms with van der Waals surface area (Å²) < 4.78 is 30.4. The summed E-state index contributed by atoms with van der Waals surface area (Å²) in [6, 6.07) is 0. The van der Waals surface area contributed by atoms with Crippen LogP contribution < -0.4 is 0 Å². The van der Waals surface area contributed by atoms with Gasteiger partial charge in [-0.05, 0) is 33.0 Å². The fourth-order valence-electron chi connectivity index (χ4n) is 1.76. The maximum atomic E-state index is 13.3. The summed E-state index contributed by atoms with van der Waals surface area (Å²) in [4.78, 5) is 24.2. The second-order valence-corrected chi connectivity index (χ2v) is 4.01. The van der Waals surface area contributed by atoms with Gasteiger partial charge < -0.3 is 9.64 Å². The molecule has 0 aromatic heterocycles. The van der Waals surface area contributed by atoms with Crippen LogP contribution in [-0.4, -0.2) is 49.8 Å². The van der Waals surface area contributed by atoms with Crippen LogP contribution in [0.15, 0.2) is 0 Å². The Labute approximate surface area is 92.5 Å². The molecule has 1 saturated heterocycles. The van der Waals surface area contributed by atoms with E-state index in [0.717, 1.165) is 7.11 Å². The van der Waals surface area contributed by atoms with E-state index in [-0.39, 0.29) is 0 Å². The van der Waals surface area contributed by atoms with Crippen LogP contribution >= 0.6 is 0 Å². The van der Waals surface area contributed by atoms with Crippen molar-refractivity contribution >= 4 is 11.8 Å². The van der Waals surface area contributed by atoms with Crippen LogP contribution in [0.1, 0.15) is 12.8 Å². The maximum absolute atomic E-state index is 13.3. The first-order valence-corrected chi connectivity index (χ1v) is 5.08. The zero-order chi connectivity index (χ0) is 12.3. The molecule has 0 unspecified atom stereocenters. The fraction of sp³-hybridized carbons (Fsp3) is 0.800. The summed E-state index contributed by atoms with van der Waals surface area (Å²) in [6.07, 6.45) is 0.726. The van der Waals surface area contributed by atoms with Gasteiger partial charge >= 0.3 is 11.9 Å². The van der Waals surface area contributed by atoms with E-state index < -0.39 is 23.6 Å². The lowest BCUT2D eigenvalue weighted by Crippen LogP contribution is -2.45. The Morgan fingerprint density at radius 2 is 1.81 bits per heavy atom. The molecule has 6 heteroatoms. The number of nitrogens with zero attached hydrogens (tertiary/aromatic N) is 1. The van der Waals surface area contributed by atoms with E-state index in [9.17, 15) is 18.4 Å².